The first-order valence-corrected chi connectivity index (χ1v) is 11.1. The highest BCUT2D eigenvalue weighted by atomic mass is 32.1. The number of hydrogen-bond donors (Lipinski definition) is 2. The van der Waals surface area contributed by atoms with Crippen LogP contribution in [0.1, 0.15) is 42.1 Å². The van der Waals surface area contributed by atoms with Crippen LogP contribution in [0.2, 0.25) is 0 Å². The van der Waals surface area contributed by atoms with E-state index < -0.39 is 0 Å². The van der Waals surface area contributed by atoms with Gasteiger partial charge in [0, 0.05) is 5.92 Å². The molecule has 0 aliphatic carbocycles. The van der Waals surface area contributed by atoms with Crippen LogP contribution < -0.4 is 15.2 Å². The number of hydrogen-bond acceptors (Lipinski definition) is 8. The predicted molar refractivity (Wildman–Crippen MR) is 117 cm³/mol. The molecule has 1 saturated heterocycles. The van der Waals surface area contributed by atoms with Crippen LogP contribution in [0.15, 0.2) is 18.2 Å². The number of ether oxygens (including phenoxy) is 2. The van der Waals surface area contributed by atoms with Crippen molar-refractivity contribution in [1.29, 1.82) is 0 Å². The van der Waals surface area contributed by atoms with Gasteiger partial charge < -0.3 is 20.3 Å². The van der Waals surface area contributed by atoms with Crippen LogP contribution in [-0.2, 0) is 4.79 Å². The number of piperidine rings is 1. The van der Waals surface area contributed by atoms with Crippen molar-refractivity contribution in [3.63, 3.8) is 0 Å². The van der Waals surface area contributed by atoms with Crippen LogP contribution in [0.5, 0.6) is 17.4 Å². The second-order valence-corrected chi connectivity index (χ2v) is 8.61. The van der Waals surface area contributed by atoms with Gasteiger partial charge in [-0.3, -0.25) is 9.69 Å². The number of carbonyl (C=O) groups is 1. The molecule has 1 unspecified atom stereocenters. The maximum atomic E-state index is 11.6. The first-order chi connectivity index (χ1) is 14.9. The van der Waals surface area contributed by atoms with Gasteiger partial charge in [-0.1, -0.05) is 17.4 Å². The van der Waals surface area contributed by atoms with Crippen molar-refractivity contribution in [2.75, 3.05) is 26.8 Å². The zero-order chi connectivity index (χ0) is 22.1. The second kappa shape index (κ2) is 8.72. The number of aryl methyl sites for hydroxylation is 1. The van der Waals surface area contributed by atoms with E-state index in [4.69, 9.17) is 15.2 Å². The highest BCUT2D eigenvalue weighted by Gasteiger charge is 2.33. The second-order valence-electron chi connectivity index (χ2n) is 7.60. The fraction of sp³-hybridized carbons (Fsp3) is 0.476. The van der Waals surface area contributed by atoms with Crippen molar-refractivity contribution in [2.45, 2.75) is 32.7 Å². The van der Waals surface area contributed by atoms with E-state index in [2.05, 4.69) is 15.0 Å². The fourth-order valence-electron chi connectivity index (χ4n) is 4.13. The number of likely N-dealkylation sites (tertiary alicyclic amines) is 1. The number of methoxy groups -OCH3 is 1. The molecule has 1 fully saturated rings. The monoisotopic (exact) mass is 445 g/mol. The van der Waals surface area contributed by atoms with Crippen molar-refractivity contribution < 1.29 is 19.4 Å². The average Bonchev–Trinajstić information content (AvgIpc) is 3.27. The molecule has 2 aromatic heterocycles. The molecule has 1 amide bonds. The molecule has 3 heterocycles. The highest BCUT2D eigenvalue weighted by Crippen LogP contribution is 2.43. The minimum absolute atomic E-state index is 0.0791. The lowest BCUT2D eigenvalue weighted by Crippen LogP contribution is -2.40. The van der Waals surface area contributed by atoms with E-state index in [9.17, 15) is 9.90 Å². The minimum atomic E-state index is -0.254. The van der Waals surface area contributed by atoms with E-state index in [1.165, 1.54) is 15.9 Å². The third-order valence-corrected chi connectivity index (χ3v) is 6.73. The summed E-state index contributed by atoms with van der Waals surface area (Å²) in [6.45, 7) is 5.61. The van der Waals surface area contributed by atoms with Gasteiger partial charge >= 0.3 is 0 Å². The number of thiazole rings is 1. The predicted octanol–water partition coefficient (Wildman–Crippen LogP) is 2.50. The molecular weight excluding hydrogens is 418 g/mol. The first-order valence-electron chi connectivity index (χ1n) is 10.3. The van der Waals surface area contributed by atoms with Crippen LogP contribution in [0, 0.1) is 12.8 Å². The van der Waals surface area contributed by atoms with Crippen LogP contribution in [-0.4, -0.2) is 57.3 Å². The molecule has 0 spiro atoms. The van der Waals surface area contributed by atoms with Gasteiger partial charge in [-0.15, -0.1) is 5.10 Å². The van der Waals surface area contributed by atoms with Crippen LogP contribution in [0.4, 0.5) is 0 Å². The molecule has 0 bridgehead atoms. The lowest BCUT2D eigenvalue weighted by molar-refractivity contribution is -0.123. The summed E-state index contributed by atoms with van der Waals surface area (Å²) in [5.41, 5.74) is 6.48. The minimum Gasteiger partial charge on any atom is -0.493 e. The Kier molecular flexibility index (Phi) is 6.01. The number of aromatic hydroxyl groups is 1. The molecule has 166 valence electrons. The van der Waals surface area contributed by atoms with E-state index in [0.29, 0.717) is 54.8 Å². The van der Waals surface area contributed by atoms with Gasteiger partial charge in [0.25, 0.3) is 0 Å². The van der Waals surface area contributed by atoms with Crippen LogP contribution in [0.25, 0.3) is 4.96 Å². The average molecular weight is 446 g/mol. The third-order valence-electron chi connectivity index (χ3n) is 5.65. The number of fused-ring (bicyclic) bond motifs is 1. The van der Waals surface area contributed by atoms with E-state index in [1.54, 1.807) is 14.0 Å². The summed E-state index contributed by atoms with van der Waals surface area (Å²) in [5, 5.41) is 15.3. The zero-order valence-electron chi connectivity index (χ0n) is 17.9. The smallest absolute Gasteiger partial charge is 0.230 e. The zero-order valence-corrected chi connectivity index (χ0v) is 18.7. The quantitative estimate of drug-likeness (QED) is 0.574. The summed E-state index contributed by atoms with van der Waals surface area (Å²) in [6.07, 6.45) is 1.36. The summed E-state index contributed by atoms with van der Waals surface area (Å²) in [5.74, 6) is 1.61. The maximum Gasteiger partial charge on any atom is 0.230 e. The van der Waals surface area contributed by atoms with Gasteiger partial charge in [0.1, 0.15) is 5.82 Å². The summed E-state index contributed by atoms with van der Waals surface area (Å²) in [7, 11) is 1.61. The molecule has 9 nitrogen and oxygen atoms in total. The number of rotatable bonds is 7. The Labute approximate surface area is 184 Å². The topological polar surface area (TPSA) is 115 Å². The van der Waals surface area contributed by atoms with E-state index >= 15 is 0 Å². The fourth-order valence-corrected chi connectivity index (χ4v) is 5.29. The Morgan fingerprint density at radius 3 is 2.71 bits per heavy atom. The summed E-state index contributed by atoms with van der Waals surface area (Å²) < 4.78 is 12.7. The van der Waals surface area contributed by atoms with Gasteiger partial charge in [0.2, 0.25) is 16.7 Å². The highest BCUT2D eigenvalue weighted by molar-refractivity contribution is 7.17. The number of amides is 1. The summed E-state index contributed by atoms with van der Waals surface area (Å²) in [6, 6.07) is 5.57. The van der Waals surface area contributed by atoms with Gasteiger partial charge in [0.05, 0.1) is 24.6 Å². The van der Waals surface area contributed by atoms with Crippen molar-refractivity contribution in [2.24, 2.45) is 11.7 Å². The molecule has 1 aliphatic heterocycles. The molecule has 10 heteroatoms. The van der Waals surface area contributed by atoms with Gasteiger partial charge in [-0.25, -0.2) is 4.98 Å². The Morgan fingerprint density at radius 1 is 1.35 bits per heavy atom. The van der Waals surface area contributed by atoms with Crippen molar-refractivity contribution in [1.82, 2.24) is 19.5 Å². The van der Waals surface area contributed by atoms with Crippen molar-refractivity contribution in [3.05, 3.63) is 34.5 Å². The molecular formula is C21H27N5O4S. The Balaban J connectivity index is 1.77. The molecule has 0 saturated carbocycles. The summed E-state index contributed by atoms with van der Waals surface area (Å²) >= 11 is 1.41. The van der Waals surface area contributed by atoms with Crippen molar-refractivity contribution in [3.8, 4) is 17.4 Å². The molecule has 4 rings (SSSR count). The molecule has 1 atom stereocenters. The molecule has 31 heavy (non-hydrogen) atoms. The maximum absolute atomic E-state index is 11.6. The first kappa shape index (κ1) is 21.4. The molecule has 3 N–H and O–H groups in total. The van der Waals surface area contributed by atoms with Crippen LogP contribution >= 0.6 is 11.3 Å². The molecule has 0 radical (unpaired) electrons. The number of primary amides is 1. The molecule has 1 aliphatic rings. The van der Waals surface area contributed by atoms with Crippen LogP contribution in [0.3, 0.4) is 0 Å². The standard InChI is InChI=1S/C21H27N5O4S/c1-4-30-15-6-5-14(11-16(15)29-3)17(25-9-7-13(8-10-25)19(22)27)18-20(28)26-21(31-18)23-12(2)24-26/h5-6,11,13,17,28H,4,7-10H2,1-3H3,(H2,22,27). The largest absolute Gasteiger partial charge is 0.493 e. The lowest BCUT2D eigenvalue weighted by atomic mass is 9.93. The van der Waals surface area contributed by atoms with Gasteiger partial charge in [-0.05, 0) is 57.5 Å². The lowest BCUT2D eigenvalue weighted by Gasteiger charge is -2.36. The Hall–Kier alpha value is -2.85. The SMILES string of the molecule is CCOc1ccc(C(c2sc3nc(C)nn3c2O)N2CCC(C(N)=O)CC2)cc1OC. The number of aromatic nitrogens is 3. The normalized spacial score (nSPS) is 16.5. The Bertz CT molecular complexity index is 1090. The number of benzene rings is 1. The number of nitrogens with two attached hydrogens (primary N) is 1. The number of nitrogens with zero attached hydrogens (tertiary/aromatic N) is 4. The van der Waals surface area contributed by atoms with E-state index in [-0.39, 0.29) is 23.7 Å². The summed E-state index contributed by atoms with van der Waals surface area (Å²) in [4.78, 5) is 19.7. The number of carbonyl (C=O) groups excluding carboxylic acids is 1. The van der Waals surface area contributed by atoms with Gasteiger partial charge in [0.15, 0.2) is 11.5 Å². The van der Waals surface area contributed by atoms with Crippen molar-refractivity contribution >= 4 is 22.2 Å². The molecule has 3 aromatic rings. The van der Waals surface area contributed by atoms with E-state index in [0.717, 1.165) is 10.4 Å². The van der Waals surface area contributed by atoms with E-state index in [1.807, 2.05) is 25.1 Å². The van der Waals surface area contributed by atoms with Gasteiger partial charge in [-0.2, -0.15) is 4.52 Å². The Morgan fingerprint density at radius 2 is 2.10 bits per heavy atom. The molecule has 1 aromatic carbocycles. The third kappa shape index (κ3) is 4.05.